The van der Waals surface area contributed by atoms with E-state index in [1.54, 1.807) is 6.07 Å². The first-order chi connectivity index (χ1) is 7.79. The van der Waals surface area contributed by atoms with Crippen molar-refractivity contribution < 1.29 is 9.53 Å². The zero-order chi connectivity index (χ0) is 11.4. The van der Waals surface area contributed by atoms with Crippen molar-refractivity contribution in [2.24, 2.45) is 0 Å². The molecular weight excluding hydrogens is 202 g/mol. The van der Waals surface area contributed by atoms with E-state index in [9.17, 15) is 4.79 Å². The lowest BCUT2D eigenvalue weighted by Crippen LogP contribution is -2.01. The van der Waals surface area contributed by atoms with Crippen molar-refractivity contribution in [1.29, 1.82) is 0 Å². The molecule has 0 spiro atoms. The molecule has 0 amide bonds. The number of carbonyl (C=O) groups excluding carboxylic acids is 1. The number of ether oxygens (including phenoxy) is 1. The highest BCUT2D eigenvalue weighted by Gasteiger charge is 2.07. The van der Waals surface area contributed by atoms with Gasteiger partial charge in [-0.15, -0.1) is 0 Å². The molecule has 0 aliphatic rings. The Morgan fingerprint density at radius 2 is 1.94 bits per heavy atom. The predicted molar refractivity (Wildman–Crippen MR) is 61.4 cm³/mol. The van der Waals surface area contributed by atoms with Crippen LogP contribution in [0.3, 0.4) is 0 Å². The van der Waals surface area contributed by atoms with Crippen LogP contribution in [0.15, 0.2) is 42.5 Å². The molecule has 2 aromatic rings. The monoisotopic (exact) mass is 215 g/mol. The molecule has 0 atom stereocenters. The van der Waals surface area contributed by atoms with Crippen LogP contribution in [-0.4, -0.2) is 18.1 Å². The van der Waals surface area contributed by atoms with Crippen LogP contribution in [0.25, 0.3) is 0 Å². The topological polar surface area (TPSA) is 42.1 Å². The molecule has 0 unspecified atom stereocenters. The SMILES string of the molecule is COC(=O)c1ccc(Cc2ccccc2)[nH]1. The van der Waals surface area contributed by atoms with Gasteiger partial charge >= 0.3 is 5.97 Å². The van der Waals surface area contributed by atoms with Gasteiger partial charge < -0.3 is 9.72 Å². The predicted octanol–water partition coefficient (Wildman–Crippen LogP) is 2.39. The zero-order valence-corrected chi connectivity index (χ0v) is 9.07. The Morgan fingerprint density at radius 1 is 1.19 bits per heavy atom. The zero-order valence-electron chi connectivity index (χ0n) is 9.07. The summed E-state index contributed by atoms with van der Waals surface area (Å²) in [5.74, 6) is -0.334. The molecule has 0 radical (unpaired) electrons. The Bertz CT molecular complexity index is 474. The summed E-state index contributed by atoms with van der Waals surface area (Å²) in [6.07, 6.45) is 0.790. The van der Waals surface area contributed by atoms with E-state index in [4.69, 9.17) is 0 Å². The van der Waals surface area contributed by atoms with Crippen LogP contribution in [-0.2, 0) is 11.2 Å². The van der Waals surface area contributed by atoms with Crippen LogP contribution in [0.1, 0.15) is 21.7 Å². The summed E-state index contributed by atoms with van der Waals surface area (Å²) >= 11 is 0. The molecule has 1 N–H and O–H groups in total. The van der Waals surface area contributed by atoms with Crippen molar-refractivity contribution in [3.63, 3.8) is 0 Å². The van der Waals surface area contributed by atoms with Gasteiger partial charge in [-0.3, -0.25) is 0 Å². The summed E-state index contributed by atoms with van der Waals surface area (Å²) in [6, 6.07) is 13.7. The van der Waals surface area contributed by atoms with E-state index in [-0.39, 0.29) is 5.97 Å². The van der Waals surface area contributed by atoms with Crippen molar-refractivity contribution in [1.82, 2.24) is 4.98 Å². The number of hydrogen-bond acceptors (Lipinski definition) is 2. The standard InChI is InChI=1S/C13H13NO2/c1-16-13(15)12-8-7-11(14-12)9-10-5-3-2-4-6-10/h2-8,14H,9H2,1H3. The number of hydrogen-bond donors (Lipinski definition) is 1. The van der Waals surface area contributed by atoms with Crippen molar-refractivity contribution in [3.05, 3.63) is 59.4 Å². The molecule has 0 bridgehead atoms. The number of H-pyrrole nitrogens is 1. The molecule has 1 aromatic heterocycles. The molecule has 0 fully saturated rings. The maximum absolute atomic E-state index is 11.2. The Balaban J connectivity index is 2.12. The molecule has 0 saturated heterocycles. The molecule has 3 nitrogen and oxygen atoms in total. The minimum atomic E-state index is -0.334. The minimum absolute atomic E-state index is 0.334. The third kappa shape index (κ3) is 2.31. The maximum atomic E-state index is 11.2. The number of aromatic amines is 1. The van der Waals surface area contributed by atoms with Gasteiger partial charge in [0.2, 0.25) is 0 Å². The molecule has 0 aliphatic carbocycles. The van der Waals surface area contributed by atoms with E-state index in [2.05, 4.69) is 21.9 Å². The Morgan fingerprint density at radius 3 is 2.62 bits per heavy atom. The second kappa shape index (κ2) is 4.66. The molecular formula is C13H13NO2. The number of carbonyl (C=O) groups is 1. The van der Waals surface area contributed by atoms with Crippen LogP contribution in [0, 0.1) is 0 Å². The van der Waals surface area contributed by atoms with E-state index in [0.29, 0.717) is 5.69 Å². The fourth-order valence-electron chi connectivity index (χ4n) is 1.59. The summed E-state index contributed by atoms with van der Waals surface area (Å²) in [6.45, 7) is 0. The van der Waals surface area contributed by atoms with Gasteiger partial charge in [0.15, 0.2) is 0 Å². The molecule has 82 valence electrons. The fraction of sp³-hybridized carbons (Fsp3) is 0.154. The Hall–Kier alpha value is -2.03. The summed E-state index contributed by atoms with van der Waals surface area (Å²) in [5.41, 5.74) is 2.71. The third-order valence-corrected chi connectivity index (χ3v) is 2.39. The Labute approximate surface area is 94.1 Å². The van der Waals surface area contributed by atoms with Gasteiger partial charge in [-0.05, 0) is 17.7 Å². The smallest absolute Gasteiger partial charge is 0.354 e. The van der Waals surface area contributed by atoms with Crippen LogP contribution in [0.2, 0.25) is 0 Å². The Kier molecular flexibility index (Phi) is 3.05. The summed E-state index contributed by atoms with van der Waals surface area (Å²) in [5, 5.41) is 0. The molecule has 16 heavy (non-hydrogen) atoms. The molecule has 0 saturated carbocycles. The van der Waals surface area contributed by atoms with Crippen LogP contribution in [0.4, 0.5) is 0 Å². The third-order valence-electron chi connectivity index (χ3n) is 2.39. The van der Waals surface area contributed by atoms with Crippen molar-refractivity contribution in [2.45, 2.75) is 6.42 Å². The largest absolute Gasteiger partial charge is 0.464 e. The number of benzene rings is 1. The van der Waals surface area contributed by atoms with Gasteiger partial charge in [0, 0.05) is 12.1 Å². The molecule has 0 aliphatic heterocycles. The first-order valence-corrected chi connectivity index (χ1v) is 5.09. The summed E-state index contributed by atoms with van der Waals surface area (Å²) in [4.78, 5) is 14.3. The average Bonchev–Trinajstić information content (AvgIpc) is 2.78. The van der Waals surface area contributed by atoms with Gasteiger partial charge in [-0.1, -0.05) is 30.3 Å². The highest BCUT2D eigenvalue weighted by molar-refractivity contribution is 5.87. The quantitative estimate of drug-likeness (QED) is 0.799. The lowest BCUT2D eigenvalue weighted by atomic mass is 10.1. The number of rotatable bonds is 3. The van der Waals surface area contributed by atoms with E-state index < -0.39 is 0 Å². The summed E-state index contributed by atoms with van der Waals surface area (Å²) in [7, 11) is 1.38. The first-order valence-electron chi connectivity index (χ1n) is 5.09. The van der Waals surface area contributed by atoms with Gasteiger partial charge in [0.1, 0.15) is 5.69 Å². The fourth-order valence-corrected chi connectivity index (χ4v) is 1.59. The van der Waals surface area contributed by atoms with Crippen LogP contribution in [0.5, 0.6) is 0 Å². The van der Waals surface area contributed by atoms with Gasteiger partial charge in [0.25, 0.3) is 0 Å². The van der Waals surface area contributed by atoms with E-state index in [0.717, 1.165) is 12.1 Å². The van der Waals surface area contributed by atoms with Crippen molar-refractivity contribution in [3.8, 4) is 0 Å². The number of methoxy groups -OCH3 is 1. The van der Waals surface area contributed by atoms with Crippen molar-refractivity contribution >= 4 is 5.97 Å². The van der Waals surface area contributed by atoms with Crippen LogP contribution < -0.4 is 0 Å². The lowest BCUT2D eigenvalue weighted by molar-refractivity contribution is 0.0594. The lowest BCUT2D eigenvalue weighted by Gasteiger charge is -1.98. The van der Waals surface area contributed by atoms with Gasteiger partial charge in [-0.25, -0.2) is 4.79 Å². The van der Waals surface area contributed by atoms with E-state index >= 15 is 0 Å². The number of aromatic nitrogens is 1. The molecule has 2 rings (SSSR count). The highest BCUT2D eigenvalue weighted by atomic mass is 16.5. The number of esters is 1. The second-order valence-corrected chi connectivity index (χ2v) is 3.55. The molecule has 1 aromatic carbocycles. The van der Waals surface area contributed by atoms with Gasteiger partial charge in [-0.2, -0.15) is 0 Å². The molecule has 1 heterocycles. The molecule has 3 heteroatoms. The normalized spacial score (nSPS) is 10.1. The first kappa shape index (κ1) is 10.5. The number of nitrogens with one attached hydrogen (secondary N) is 1. The second-order valence-electron chi connectivity index (χ2n) is 3.55. The van der Waals surface area contributed by atoms with Crippen LogP contribution >= 0.6 is 0 Å². The minimum Gasteiger partial charge on any atom is -0.464 e. The average molecular weight is 215 g/mol. The maximum Gasteiger partial charge on any atom is 0.354 e. The highest BCUT2D eigenvalue weighted by Crippen LogP contribution is 2.09. The van der Waals surface area contributed by atoms with E-state index in [1.807, 2.05) is 24.3 Å². The van der Waals surface area contributed by atoms with E-state index in [1.165, 1.54) is 12.7 Å². The summed E-state index contributed by atoms with van der Waals surface area (Å²) < 4.78 is 4.63. The van der Waals surface area contributed by atoms with Crippen molar-refractivity contribution in [2.75, 3.05) is 7.11 Å². The van der Waals surface area contributed by atoms with Gasteiger partial charge in [0.05, 0.1) is 7.11 Å².